The number of rotatable bonds is 10. The number of amides is 1. The number of aryl methyl sites for hydroxylation is 1. The van der Waals surface area contributed by atoms with Crippen molar-refractivity contribution in [1.29, 1.82) is 5.26 Å². The summed E-state index contributed by atoms with van der Waals surface area (Å²) in [6.45, 7) is 1.68. The summed E-state index contributed by atoms with van der Waals surface area (Å²) in [5.74, 6) is 0.499. The number of hydrogen-bond acceptors (Lipinski definition) is 6. The van der Waals surface area contributed by atoms with Gasteiger partial charge in [-0.3, -0.25) is 4.79 Å². The highest BCUT2D eigenvalue weighted by atomic mass is 35.5. The molecule has 0 saturated heterocycles. The van der Waals surface area contributed by atoms with Gasteiger partial charge in [0, 0.05) is 28.4 Å². The number of nitrogens with zero attached hydrogens (tertiary/aromatic N) is 2. The molecule has 1 heterocycles. The number of hydrogen-bond donors (Lipinski definition) is 1. The SMILES string of the molecule is COc1ccc(NC(=O)/C(C#N)=C\c2ccc(CN(Cc3ccc(Cl)cc3Cl)S(=O)(=O)c3ccc(C)cc3)o2)cc1. The van der Waals surface area contributed by atoms with Crippen molar-refractivity contribution in [2.45, 2.75) is 24.9 Å². The van der Waals surface area contributed by atoms with Crippen molar-refractivity contribution >= 4 is 50.9 Å². The molecule has 210 valence electrons. The molecule has 4 rings (SSSR count). The highest BCUT2D eigenvalue weighted by Crippen LogP contribution is 2.27. The van der Waals surface area contributed by atoms with E-state index in [1.807, 2.05) is 13.0 Å². The van der Waals surface area contributed by atoms with Gasteiger partial charge in [-0.1, -0.05) is 47.0 Å². The zero-order valence-corrected chi connectivity index (χ0v) is 24.4. The lowest BCUT2D eigenvalue weighted by Gasteiger charge is -2.22. The molecule has 0 aliphatic heterocycles. The van der Waals surface area contributed by atoms with E-state index < -0.39 is 15.9 Å². The van der Waals surface area contributed by atoms with Crippen LogP contribution in [0.4, 0.5) is 5.69 Å². The van der Waals surface area contributed by atoms with Gasteiger partial charge in [0.25, 0.3) is 5.91 Å². The molecule has 1 amide bonds. The van der Waals surface area contributed by atoms with Crippen molar-refractivity contribution in [3.63, 3.8) is 0 Å². The van der Waals surface area contributed by atoms with Crippen LogP contribution in [-0.2, 0) is 27.9 Å². The summed E-state index contributed by atoms with van der Waals surface area (Å²) in [5, 5.41) is 13.0. The van der Waals surface area contributed by atoms with Gasteiger partial charge in [0.05, 0.1) is 18.6 Å². The van der Waals surface area contributed by atoms with E-state index in [2.05, 4.69) is 5.32 Å². The van der Waals surface area contributed by atoms with E-state index in [0.29, 0.717) is 32.8 Å². The van der Waals surface area contributed by atoms with Gasteiger partial charge < -0.3 is 14.5 Å². The van der Waals surface area contributed by atoms with E-state index in [1.54, 1.807) is 66.7 Å². The Morgan fingerprint density at radius 3 is 2.37 bits per heavy atom. The van der Waals surface area contributed by atoms with Gasteiger partial charge in [0.2, 0.25) is 10.0 Å². The molecule has 4 aromatic rings. The number of benzene rings is 3. The highest BCUT2D eigenvalue weighted by molar-refractivity contribution is 7.89. The molecular weight excluding hydrogens is 585 g/mol. The maximum Gasteiger partial charge on any atom is 0.266 e. The van der Waals surface area contributed by atoms with Crippen LogP contribution < -0.4 is 10.1 Å². The third kappa shape index (κ3) is 7.57. The molecule has 0 radical (unpaired) electrons. The van der Waals surface area contributed by atoms with Gasteiger partial charge in [0.1, 0.15) is 28.9 Å². The van der Waals surface area contributed by atoms with Crippen LogP contribution >= 0.6 is 23.2 Å². The van der Waals surface area contributed by atoms with Gasteiger partial charge >= 0.3 is 0 Å². The van der Waals surface area contributed by atoms with E-state index in [4.69, 9.17) is 32.4 Å². The molecule has 0 atom stereocenters. The van der Waals surface area contributed by atoms with Crippen molar-refractivity contribution < 1.29 is 22.4 Å². The minimum atomic E-state index is -3.97. The van der Waals surface area contributed by atoms with Crippen LogP contribution in [0.25, 0.3) is 6.08 Å². The second-order valence-electron chi connectivity index (χ2n) is 8.98. The van der Waals surface area contributed by atoms with Gasteiger partial charge in [-0.15, -0.1) is 0 Å². The molecular formula is C30H25Cl2N3O5S. The quantitative estimate of drug-likeness (QED) is 0.155. The fourth-order valence-corrected chi connectivity index (χ4v) is 5.67. The van der Waals surface area contributed by atoms with Crippen molar-refractivity contribution in [3.8, 4) is 11.8 Å². The Morgan fingerprint density at radius 1 is 1.02 bits per heavy atom. The number of methoxy groups -OCH3 is 1. The number of nitrogens with one attached hydrogen (secondary N) is 1. The topological polar surface area (TPSA) is 113 Å². The predicted octanol–water partition coefficient (Wildman–Crippen LogP) is 6.84. The summed E-state index contributed by atoms with van der Waals surface area (Å²) in [5.41, 5.74) is 1.76. The zero-order valence-electron chi connectivity index (χ0n) is 22.1. The molecule has 41 heavy (non-hydrogen) atoms. The Labute approximate surface area is 248 Å². The number of carbonyl (C=O) groups excluding carboxylic acids is 1. The summed E-state index contributed by atoms with van der Waals surface area (Å²) in [4.78, 5) is 12.8. The molecule has 0 saturated carbocycles. The van der Waals surface area contributed by atoms with E-state index >= 15 is 0 Å². The minimum Gasteiger partial charge on any atom is -0.497 e. The molecule has 0 spiro atoms. The fourth-order valence-electron chi connectivity index (χ4n) is 3.82. The van der Waals surface area contributed by atoms with Crippen LogP contribution in [0.2, 0.25) is 10.0 Å². The second kappa shape index (κ2) is 13.1. The Hall–Kier alpha value is -4.07. The van der Waals surface area contributed by atoms with Crippen LogP contribution in [0.15, 0.2) is 93.7 Å². The Balaban J connectivity index is 1.58. The van der Waals surface area contributed by atoms with E-state index in [1.165, 1.54) is 29.6 Å². The second-order valence-corrected chi connectivity index (χ2v) is 11.8. The summed E-state index contributed by atoms with van der Waals surface area (Å²) >= 11 is 12.4. The average molecular weight is 611 g/mol. The van der Waals surface area contributed by atoms with Gasteiger partial charge in [-0.25, -0.2) is 8.42 Å². The number of carbonyl (C=O) groups is 1. The number of sulfonamides is 1. The lowest BCUT2D eigenvalue weighted by atomic mass is 10.2. The minimum absolute atomic E-state index is 0.0498. The maximum absolute atomic E-state index is 13.7. The standard InChI is InChI=1S/C30H25Cl2N3O5S/c1-20-3-13-28(14-4-20)41(37,38)35(18-21-5-6-23(31)16-29(21)32)19-27-12-11-26(40-27)15-22(17-33)30(36)34-24-7-9-25(39-2)10-8-24/h3-16H,18-19H2,1-2H3,(H,34,36)/b22-15-. The van der Waals surface area contributed by atoms with Crippen LogP contribution in [0.3, 0.4) is 0 Å². The first-order valence-corrected chi connectivity index (χ1v) is 14.5. The third-order valence-electron chi connectivity index (χ3n) is 6.03. The molecule has 0 aliphatic carbocycles. The molecule has 0 bridgehead atoms. The lowest BCUT2D eigenvalue weighted by Crippen LogP contribution is -2.30. The summed E-state index contributed by atoms with van der Waals surface area (Å²) in [7, 11) is -2.44. The monoisotopic (exact) mass is 609 g/mol. The van der Waals surface area contributed by atoms with Crippen LogP contribution in [0, 0.1) is 18.3 Å². The molecule has 3 aromatic carbocycles. The third-order valence-corrected chi connectivity index (χ3v) is 8.43. The number of anilines is 1. The summed E-state index contributed by atoms with van der Waals surface area (Å²) < 4.78 is 39.5. The van der Waals surface area contributed by atoms with Gasteiger partial charge in [0.15, 0.2) is 0 Å². The molecule has 1 N–H and O–H groups in total. The van der Waals surface area contributed by atoms with E-state index in [0.717, 1.165) is 5.56 Å². The fraction of sp³-hybridized carbons (Fsp3) is 0.133. The van der Waals surface area contributed by atoms with E-state index in [-0.39, 0.29) is 29.3 Å². The van der Waals surface area contributed by atoms with Crippen LogP contribution in [0.5, 0.6) is 5.75 Å². The average Bonchev–Trinajstić information content (AvgIpc) is 3.40. The Bertz CT molecular complexity index is 1730. The van der Waals surface area contributed by atoms with Crippen molar-refractivity contribution in [2.75, 3.05) is 12.4 Å². The van der Waals surface area contributed by atoms with Gasteiger partial charge in [-0.05, 0) is 73.2 Å². The highest BCUT2D eigenvalue weighted by Gasteiger charge is 2.27. The smallest absolute Gasteiger partial charge is 0.266 e. The predicted molar refractivity (Wildman–Crippen MR) is 158 cm³/mol. The molecule has 8 nitrogen and oxygen atoms in total. The number of halogens is 2. The lowest BCUT2D eigenvalue weighted by molar-refractivity contribution is -0.112. The normalized spacial score (nSPS) is 11.8. The molecule has 1 aromatic heterocycles. The number of furan rings is 1. The molecule has 11 heteroatoms. The van der Waals surface area contributed by atoms with Gasteiger partial charge in [-0.2, -0.15) is 9.57 Å². The first-order chi connectivity index (χ1) is 19.6. The first-order valence-electron chi connectivity index (χ1n) is 12.3. The van der Waals surface area contributed by atoms with E-state index in [9.17, 15) is 18.5 Å². The first kappa shape index (κ1) is 29.9. The molecule has 0 aliphatic rings. The zero-order chi connectivity index (χ0) is 29.6. The number of nitriles is 1. The van der Waals surface area contributed by atoms with Crippen LogP contribution in [0.1, 0.15) is 22.6 Å². The van der Waals surface area contributed by atoms with Crippen molar-refractivity contribution in [1.82, 2.24) is 4.31 Å². The molecule has 0 unspecified atom stereocenters. The Morgan fingerprint density at radius 2 is 1.73 bits per heavy atom. The maximum atomic E-state index is 13.7. The van der Waals surface area contributed by atoms with Crippen molar-refractivity contribution in [2.24, 2.45) is 0 Å². The Kier molecular flexibility index (Phi) is 9.53. The molecule has 0 fully saturated rings. The summed E-state index contributed by atoms with van der Waals surface area (Å²) in [6, 6.07) is 23.0. The van der Waals surface area contributed by atoms with Crippen molar-refractivity contribution in [3.05, 3.63) is 117 Å². The van der Waals surface area contributed by atoms with Crippen LogP contribution in [-0.4, -0.2) is 25.7 Å². The summed E-state index contributed by atoms with van der Waals surface area (Å²) in [6.07, 6.45) is 1.29. The number of ether oxygens (including phenoxy) is 1. The largest absolute Gasteiger partial charge is 0.497 e.